The number of ether oxygens (including phenoxy) is 2. The molecular formula is C15H22ClNO4S. The second-order valence-electron chi connectivity index (χ2n) is 5.52. The normalized spacial score (nSPS) is 23.5. The number of sulfonamides is 1. The molecule has 0 spiro atoms. The minimum atomic E-state index is -3.58. The molecule has 0 amide bonds. The van der Waals surface area contributed by atoms with Crippen LogP contribution in [0.3, 0.4) is 0 Å². The highest BCUT2D eigenvalue weighted by Gasteiger charge is 2.32. The van der Waals surface area contributed by atoms with E-state index in [4.69, 9.17) is 21.1 Å². The molecule has 1 saturated heterocycles. The Hall–Kier alpha value is -0.820. The van der Waals surface area contributed by atoms with E-state index in [0.717, 1.165) is 6.42 Å². The monoisotopic (exact) mass is 347 g/mol. The first-order chi connectivity index (χ1) is 10.3. The molecule has 0 saturated carbocycles. The summed E-state index contributed by atoms with van der Waals surface area (Å²) in [6, 6.07) is 4.58. The van der Waals surface area contributed by atoms with Gasteiger partial charge in [-0.1, -0.05) is 18.5 Å². The van der Waals surface area contributed by atoms with Gasteiger partial charge in [-0.3, -0.25) is 0 Å². The fraction of sp³-hybridized carbons (Fsp3) is 0.600. The third-order valence-corrected chi connectivity index (χ3v) is 5.53. The Balaban J connectivity index is 2.29. The van der Waals surface area contributed by atoms with Crippen molar-refractivity contribution in [1.29, 1.82) is 0 Å². The Morgan fingerprint density at radius 3 is 2.55 bits per heavy atom. The van der Waals surface area contributed by atoms with Gasteiger partial charge in [-0.2, -0.15) is 4.31 Å². The Bertz CT molecular complexity index is 610. The fourth-order valence-electron chi connectivity index (χ4n) is 2.44. The molecule has 2 unspecified atom stereocenters. The lowest BCUT2D eigenvalue weighted by molar-refractivity contribution is -0.0440. The summed E-state index contributed by atoms with van der Waals surface area (Å²) >= 11 is 6.06. The van der Waals surface area contributed by atoms with Gasteiger partial charge < -0.3 is 9.47 Å². The van der Waals surface area contributed by atoms with Crippen molar-refractivity contribution in [3.63, 3.8) is 0 Å². The van der Waals surface area contributed by atoms with Gasteiger partial charge in [0.2, 0.25) is 10.0 Å². The predicted molar refractivity (Wildman–Crippen MR) is 86.0 cm³/mol. The van der Waals surface area contributed by atoms with E-state index in [9.17, 15) is 8.42 Å². The van der Waals surface area contributed by atoms with Crippen LogP contribution in [-0.4, -0.2) is 44.6 Å². The van der Waals surface area contributed by atoms with Gasteiger partial charge in [-0.15, -0.1) is 0 Å². The summed E-state index contributed by atoms with van der Waals surface area (Å²) in [5, 5.41) is 0.413. The molecule has 1 fully saturated rings. The lowest BCUT2D eigenvalue weighted by atomic mass is 10.3. The van der Waals surface area contributed by atoms with Crippen molar-refractivity contribution in [2.24, 2.45) is 0 Å². The number of nitrogens with zero attached hydrogens (tertiary/aromatic N) is 1. The van der Waals surface area contributed by atoms with Crippen LogP contribution in [-0.2, 0) is 14.8 Å². The summed E-state index contributed by atoms with van der Waals surface area (Å²) < 4.78 is 38.1. The van der Waals surface area contributed by atoms with E-state index in [1.807, 2.05) is 20.8 Å². The molecule has 0 aliphatic carbocycles. The van der Waals surface area contributed by atoms with Crippen molar-refractivity contribution in [3.8, 4) is 5.75 Å². The van der Waals surface area contributed by atoms with Crippen LogP contribution in [0.15, 0.2) is 23.1 Å². The van der Waals surface area contributed by atoms with Crippen LogP contribution in [0.5, 0.6) is 5.75 Å². The number of hydrogen-bond donors (Lipinski definition) is 0. The Labute approximate surface area is 137 Å². The summed E-state index contributed by atoms with van der Waals surface area (Å²) in [7, 11) is -3.58. The maximum Gasteiger partial charge on any atom is 0.243 e. The second kappa shape index (κ2) is 7.17. The number of halogens is 1. The minimum Gasteiger partial charge on any atom is -0.492 e. The fourth-order valence-corrected chi connectivity index (χ4v) is 4.22. The van der Waals surface area contributed by atoms with Crippen LogP contribution < -0.4 is 4.74 Å². The average Bonchev–Trinajstić information content (AvgIpc) is 2.45. The van der Waals surface area contributed by atoms with Crippen LogP contribution in [0.2, 0.25) is 5.02 Å². The maximum atomic E-state index is 12.8. The van der Waals surface area contributed by atoms with Crippen LogP contribution in [0, 0.1) is 0 Å². The molecule has 1 aromatic rings. The zero-order chi connectivity index (χ0) is 16.3. The molecule has 5 nitrogen and oxygen atoms in total. The maximum absolute atomic E-state index is 12.8. The summed E-state index contributed by atoms with van der Waals surface area (Å²) in [5.74, 6) is 0.402. The Kier molecular flexibility index (Phi) is 5.71. The molecule has 0 bridgehead atoms. The number of benzene rings is 1. The molecule has 1 heterocycles. The van der Waals surface area contributed by atoms with Gasteiger partial charge in [-0.25, -0.2) is 8.42 Å². The molecule has 1 aliphatic heterocycles. The van der Waals surface area contributed by atoms with E-state index < -0.39 is 10.0 Å². The van der Waals surface area contributed by atoms with E-state index in [1.165, 1.54) is 16.4 Å². The van der Waals surface area contributed by atoms with E-state index in [-0.39, 0.29) is 17.1 Å². The smallest absolute Gasteiger partial charge is 0.243 e. The van der Waals surface area contributed by atoms with Crippen molar-refractivity contribution in [2.75, 3.05) is 19.7 Å². The zero-order valence-corrected chi connectivity index (χ0v) is 14.7. The van der Waals surface area contributed by atoms with Crippen LogP contribution in [0.4, 0.5) is 0 Å². The quantitative estimate of drug-likeness (QED) is 0.821. The van der Waals surface area contributed by atoms with Crippen LogP contribution in [0.25, 0.3) is 0 Å². The summed E-state index contributed by atoms with van der Waals surface area (Å²) in [5.41, 5.74) is 0. The van der Waals surface area contributed by atoms with Gasteiger partial charge in [0.1, 0.15) is 5.75 Å². The first kappa shape index (κ1) is 17.5. The highest BCUT2D eigenvalue weighted by molar-refractivity contribution is 7.89. The van der Waals surface area contributed by atoms with Gasteiger partial charge in [0, 0.05) is 19.2 Å². The predicted octanol–water partition coefficient (Wildman–Crippen LogP) is 2.93. The molecule has 22 heavy (non-hydrogen) atoms. The number of rotatable bonds is 5. The summed E-state index contributed by atoms with van der Waals surface area (Å²) in [4.78, 5) is 0.198. The molecule has 2 rings (SSSR count). The SMILES string of the molecule is CCCOc1cc(S(=O)(=O)N2CC(C)OC(C)C2)ccc1Cl. The standard InChI is InChI=1S/C15H22ClNO4S/c1-4-7-20-15-8-13(5-6-14(15)16)22(18,19)17-9-11(2)21-12(3)10-17/h5-6,8,11-12H,4,7,9-10H2,1-3H3. The van der Waals surface area contributed by atoms with Crippen molar-refractivity contribution in [3.05, 3.63) is 23.2 Å². The van der Waals surface area contributed by atoms with Crippen LogP contribution in [0.1, 0.15) is 27.2 Å². The molecule has 7 heteroatoms. The average molecular weight is 348 g/mol. The molecule has 2 atom stereocenters. The van der Waals surface area contributed by atoms with Gasteiger partial charge in [0.15, 0.2) is 0 Å². The van der Waals surface area contributed by atoms with Gasteiger partial charge >= 0.3 is 0 Å². The van der Waals surface area contributed by atoms with Gasteiger partial charge in [-0.05, 0) is 32.4 Å². The highest BCUT2D eigenvalue weighted by atomic mass is 35.5. The lowest BCUT2D eigenvalue weighted by Crippen LogP contribution is -2.48. The molecule has 124 valence electrons. The molecule has 1 aromatic carbocycles. The molecule has 0 radical (unpaired) electrons. The molecular weight excluding hydrogens is 326 g/mol. The van der Waals surface area contributed by atoms with Crippen molar-refractivity contribution in [2.45, 2.75) is 44.3 Å². The summed E-state index contributed by atoms with van der Waals surface area (Å²) in [6.45, 7) is 6.91. The van der Waals surface area contributed by atoms with Gasteiger partial charge in [0.05, 0.1) is 28.7 Å². The van der Waals surface area contributed by atoms with E-state index in [1.54, 1.807) is 6.07 Å². The van der Waals surface area contributed by atoms with Crippen molar-refractivity contribution < 1.29 is 17.9 Å². The topological polar surface area (TPSA) is 55.8 Å². The third-order valence-electron chi connectivity index (χ3n) is 3.39. The molecule has 0 aromatic heterocycles. The van der Waals surface area contributed by atoms with E-state index >= 15 is 0 Å². The Morgan fingerprint density at radius 1 is 1.32 bits per heavy atom. The van der Waals surface area contributed by atoms with E-state index in [0.29, 0.717) is 30.5 Å². The summed E-state index contributed by atoms with van der Waals surface area (Å²) in [6.07, 6.45) is 0.578. The molecule has 1 aliphatic rings. The van der Waals surface area contributed by atoms with E-state index in [2.05, 4.69) is 0 Å². The lowest BCUT2D eigenvalue weighted by Gasteiger charge is -2.34. The largest absolute Gasteiger partial charge is 0.492 e. The van der Waals surface area contributed by atoms with Crippen molar-refractivity contribution >= 4 is 21.6 Å². The first-order valence-electron chi connectivity index (χ1n) is 7.42. The zero-order valence-electron chi connectivity index (χ0n) is 13.1. The third kappa shape index (κ3) is 3.93. The van der Waals surface area contributed by atoms with Crippen LogP contribution >= 0.6 is 11.6 Å². The van der Waals surface area contributed by atoms with Crippen molar-refractivity contribution in [1.82, 2.24) is 4.31 Å². The molecule has 0 N–H and O–H groups in total. The minimum absolute atomic E-state index is 0.123. The number of morpholine rings is 1. The van der Waals surface area contributed by atoms with Gasteiger partial charge in [0.25, 0.3) is 0 Å². The first-order valence-corrected chi connectivity index (χ1v) is 9.24. The Morgan fingerprint density at radius 2 is 1.95 bits per heavy atom. The highest BCUT2D eigenvalue weighted by Crippen LogP contribution is 2.30. The second-order valence-corrected chi connectivity index (χ2v) is 7.87. The number of hydrogen-bond acceptors (Lipinski definition) is 4.